The molecule has 1 fully saturated rings. The van der Waals surface area contributed by atoms with Crippen LogP contribution in [0.25, 0.3) is 11.1 Å². The molecule has 0 spiro atoms. The maximum absolute atomic E-state index is 12.5. The summed E-state index contributed by atoms with van der Waals surface area (Å²) in [6, 6.07) is 16.5. The monoisotopic (exact) mass is 478 g/mol. The molecule has 7 nitrogen and oxygen atoms in total. The molecule has 0 radical (unpaired) electrons. The van der Waals surface area contributed by atoms with Crippen molar-refractivity contribution in [2.24, 2.45) is 11.8 Å². The first-order valence-corrected chi connectivity index (χ1v) is 12.6. The van der Waals surface area contributed by atoms with E-state index in [9.17, 15) is 14.4 Å². The molecule has 2 aliphatic carbocycles. The average Bonchev–Trinajstić information content (AvgIpc) is 3.65. The third-order valence-electron chi connectivity index (χ3n) is 6.98. The molecule has 2 aromatic carbocycles. The van der Waals surface area contributed by atoms with Gasteiger partial charge in [0.25, 0.3) is 0 Å². The van der Waals surface area contributed by atoms with Crippen molar-refractivity contribution in [1.29, 1.82) is 0 Å². The van der Waals surface area contributed by atoms with Gasteiger partial charge in [0, 0.05) is 31.8 Å². The number of amides is 2. The van der Waals surface area contributed by atoms with E-state index in [4.69, 9.17) is 9.84 Å². The highest BCUT2D eigenvalue weighted by atomic mass is 16.5. The maximum Gasteiger partial charge on any atom is 0.407 e. The predicted octanol–water partition coefficient (Wildman–Crippen LogP) is 4.70. The summed E-state index contributed by atoms with van der Waals surface area (Å²) in [5, 5.41) is 14.5. The van der Waals surface area contributed by atoms with Crippen LogP contribution >= 0.6 is 0 Å². The van der Waals surface area contributed by atoms with Crippen LogP contribution in [0, 0.1) is 11.8 Å². The van der Waals surface area contributed by atoms with Crippen LogP contribution in [-0.4, -0.2) is 42.8 Å². The molecule has 0 saturated heterocycles. The van der Waals surface area contributed by atoms with E-state index in [-0.39, 0.29) is 30.8 Å². The minimum absolute atomic E-state index is 0.0190. The van der Waals surface area contributed by atoms with Crippen LogP contribution in [0.4, 0.5) is 4.79 Å². The van der Waals surface area contributed by atoms with Crippen molar-refractivity contribution in [3.05, 3.63) is 59.7 Å². The zero-order valence-corrected chi connectivity index (χ0v) is 20.0. The van der Waals surface area contributed by atoms with E-state index in [2.05, 4.69) is 34.9 Å². The molecule has 1 atom stereocenters. The van der Waals surface area contributed by atoms with Crippen LogP contribution in [0.1, 0.15) is 62.0 Å². The molecule has 2 aliphatic rings. The molecule has 4 rings (SSSR count). The number of carbonyl (C=O) groups is 3. The Morgan fingerprint density at radius 1 is 0.914 bits per heavy atom. The van der Waals surface area contributed by atoms with Gasteiger partial charge in [0.05, 0.1) is 0 Å². The van der Waals surface area contributed by atoms with Crippen molar-refractivity contribution >= 4 is 18.0 Å². The lowest BCUT2D eigenvalue weighted by atomic mass is 9.98. The Bertz CT molecular complexity index is 1000. The van der Waals surface area contributed by atoms with Crippen LogP contribution < -0.4 is 10.6 Å². The van der Waals surface area contributed by atoms with Gasteiger partial charge in [0.1, 0.15) is 6.61 Å². The van der Waals surface area contributed by atoms with Crippen molar-refractivity contribution in [2.75, 3.05) is 19.7 Å². The summed E-state index contributed by atoms with van der Waals surface area (Å²) in [4.78, 5) is 35.4. The molecule has 3 N–H and O–H groups in total. The number of rotatable bonds is 13. The Morgan fingerprint density at radius 2 is 1.57 bits per heavy atom. The number of fused-ring (bicyclic) bond motifs is 3. The largest absolute Gasteiger partial charge is 0.481 e. The number of carbonyl (C=O) groups excluding carboxylic acids is 2. The van der Waals surface area contributed by atoms with Crippen LogP contribution in [0.2, 0.25) is 0 Å². The van der Waals surface area contributed by atoms with Gasteiger partial charge in [-0.2, -0.15) is 0 Å². The SMILES string of the molecule is O=C(O)CCCCCNC(=O)CC(CNC(=O)OCC1c2ccccc2-c2ccccc21)C1CC1. The van der Waals surface area contributed by atoms with E-state index >= 15 is 0 Å². The number of aliphatic carboxylic acids is 1. The van der Waals surface area contributed by atoms with Gasteiger partial charge in [-0.1, -0.05) is 55.0 Å². The first-order valence-electron chi connectivity index (χ1n) is 12.6. The highest BCUT2D eigenvalue weighted by Crippen LogP contribution is 2.44. The van der Waals surface area contributed by atoms with E-state index in [0.29, 0.717) is 31.8 Å². The van der Waals surface area contributed by atoms with E-state index in [1.807, 2.05) is 24.3 Å². The zero-order valence-electron chi connectivity index (χ0n) is 20.0. The Labute approximate surface area is 206 Å². The third-order valence-corrected chi connectivity index (χ3v) is 6.98. The van der Waals surface area contributed by atoms with Crippen molar-refractivity contribution in [1.82, 2.24) is 10.6 Å². The van der Waals surface area contributed by atoms with Gasteiger partial charge < -0.3 is 20.5 Å². The molecule has 2 amide bonds. The molecule has 0 aromatic heterocycles. The molecule has 1 saturated carbocycles. The number of hydrogen-bond donors (Lipinski definition) is 3. The number of benzene rings is 2. The summed E-state index contributed by atoms with van der Waals surface area (Å²) >= 11 is 0. The number of alkyl carbamates (subject to hydrolysis) is 1. The lowest BCUT2D eigenvalue weighted by molar-refractivity contribution is -0.137. The minimum atomic E-state index is -0.787. The summed E-state index contributed by atoms with van der Waals surface area (Å²) in [7, 11) is 0. The van der Waals surface area contributed by atoms with Crippen LogP contribution in [0.15, 0.2) is 48.5 Å². The van der Waals surface area contributed by atoms with E-state index in [1.54, 1.807) is 0 Å². The maximum atomic E-state index is 12.5. The Kier molecular flexibility index (Phi) is 8.40. The normalized spacial score (nSPS) is 15.1. The van der Waals surface area contributed by atoms with E-state index < -0.39 is 12.1 Å². The van der Waals surface area contributed by atoms with Gasteiger partial charge in [-0.25, -0.2) is 4.79 Å². The Balaban J connectivity index is 1.20. The smallest absolute Gasteiger partial charge is 0.407 e. The van der Waals surface area contributed by atoms with Gasteiger partial charge in [0.2, 0.25) is 5.91 Å². The summed E-state index contributed by atoms with van der Waals surface area (Å²) in [6.45, 7) is 1.25. The lowest BCUT2D eigenvalue weighted by Crippen LogP contribution is -2.35. The molecule has 0 aliphatic heterocycles. The Hall–Kier alpha value is -3.35. The predicted molar refractivity (Wildman–Crippen MR) is 133 cm³/mol. The highest BCUT2D eigenvalue weighted by Gasteiger charge is 2.33. The second-order valence-electron chi connectivity index (χ2n) is 9.56. The second-order valence-corrected chi connectivity index (χ2v) is 9.56. The minimum Gasteiger partial charge on any atom is -0.481 e. The first-order chi connectivity index (χ1) is 17.0. The fourth-order valence-electron chi connectivity index (χ4n) is 4.95. The van der Waals surface area contributed by atoms with E-state index in [0.717, 1.165) is 25.7 Å². The van der Waals surface area contributed by atoms with Crippen LogP contribution in [0.3, 0.4) is 0 Å². The number of ether oxygens (including phenoxy) is 1. The summed E-state index contributed by atoms with van der Waals surface area (Å²) < 4.78 is 5.62. The lowest BCUT2D eigenvalue weighted by Gasteiger charge is -2.18. The van der Waals surface area contributed by atoms with Crippen molar-refractivity contribution in [2.45, 2.75) is 50.9 Å². The number of unbranched alkanes of at least 4 members (excludes halogenated alkanes) is 2. The zero-order chi connectivity index (χ0) is 24.6. The molecular formula is C28H34N2O5. The fourth-order valence-corrected chi connectivity index (χ4v) is 4.95. The summed E-state index contributed by atoms with van der Waals surface area (Å²) in [6.07, 6.45) is 4.44. The molecule has 7 heteroatoms. The summed E-state index contributed by atoms with van der Waals surface area (Å²) in [5.74, 6) is -0.221. The van der Waals surface area contributed by atoms with Crippen LogP contribution in [-0.2, 0) is 14.3 Å². The van der Waals surface area contributed by atoms with Gasteiger partial charge in [-0.3, -0.25) is 9.59 Å². The number of nitrogens with one attached hydrogen (secondary N) is 2. The van der Waals surface area contributed by atoms with Gasteiger partial charge in [-0.05, 0) is 59.8 Å². The van der Waals surface area contributed by atoms with Gasteiger partial charge in [0.15, 0.2) is 0 Å². The average molecular weight is 479 g/mol. The second kappa shape index (κ2) is 11.9. The van der Waals surface area contributed by atoms with Gasteiger partial charge >= 0.3 is 12.1 Å². The highest BCUT2D eigenvalue weighted by molar-refractivity contribution is 5.79. The molecule has 186 valence electrons. The molecule has 0 bridgehead atoms. The summed E-state index contributed by atoms with van der Waals surface area (Å²) in [5.41, 5.74) is 4.74. The quantitative estimate of drug-likeness (QED) is 0.362. The third kappa shape index (κ3) is 6.84. The van der Waals surface area contributed by atoms with E-state index in [1.165, 1.54) is 22.3 Å². The molecule has 1 unspecified atom stereocenters. The standard InChI is InChI=1S/C28H34N2O5/c31-26(29-15-7-1-2-12-27(32)33)16-20(19-13-14-19)17-30-28(34)35-18-25-23-10-5-3-8-21(23)22-9-4-6-11-24(22)25/h3-6,8-11,19-20,25H,1-2,7,12-18H2,(H,29,31)(H,30,34)(H,32,33). The molecular weight excluding hydrogens is 444 g/mol. The van der Waals surface area contributed by atoms with Gasteiger partial charge in [-0.15, -0.1) is 0 Å². The van der Waals surface area contributed by atoms with Crippen molar-refractivity contribution in [3.8, 4) is 11.1 Å². The number of carboxylic acids is 1. The van der Waals surface area contributed by atoms with Crippen LogP contribution in [0.5, 0.6) is 0 Å². The van der Waals surface area contributed by atoms with Crippen molar-refractivity contribution < 1.29 is 24.2 Å². The Morgan fingerprint density at radius 3 is 2.20 bits per heavy atom. The number of carboxylic acid groups (broad SMARTS) is 1. The topological polar surface area (TPSA) is 105 Å². The molecule has 0 heterocycles. The first kappa shape index (κ1) is 24.8. The van der Waals surface area contributed by atoms with Crippen molar-refractivity contribution in [3.63, 3.8) is 0 Å². The molecule has 2 aromatic rings. The fraction of sp³-hybridized carbons (Fsp3) is 0.464. The number of hydrogen-bond acceptors (Lipinski definition) is 4. The molecule has 35 heavy (non-hydrogen) atoms.